The molecule has 25 heavy (non-hydrogen) atoms. The number of carbonyl (C=O) groups is 1. The highest BCUT2D eigenvalue weighted by Crippen LogP contribution is 2.26. The van der Waals surface area contributed by atoms with Gasteiger partial charge in [-0.05, 0) is 19.3 Å². The molecule has 1 aliphatic carbocycles. The minimum absolute atomic E-state index is 0.130. The lowest BCUT2D eigenvalue weighted by molar-refractivity contribution is -0.134. The third-order valence-electron chi connectivity index (χ3n) is 4.67. The van der Waals surface area contributed by atoms with Crippen LogP contribution in [-0.2, 0) is 11.4 Å². The fourth-order valence-corrected chi connectivity index (χ4v) is 3.30. The van der Waals surface area contributed by atoms with Gasteiger partial charge in [0, 0.05) is 31.4 Å². The largest absolute Gasteiger partial charge is 0.470 e. The van der Waals surface area contributed by atoms with Gasteiger partial charge in [0.25, 0.3) is 0 Å². The van der Waals surface area contributed by atoms with Crippen LogP contribution in [0.15, 0.2) is 36.9 Å². The summed E-state index contributed by atoms with van der Waals surface area (Å²) in [4.78, 5) is 22.5. The van der Waals surface area contributed by atoms with Gasteiger partial charge in [0.2, 0.25) is 11.8 Å². The Labute approximate surface area is 145 Å². The van der Waals surface area contributed by atoms with Crippen molar-refractivity contribution in [2.75, 3.05) is 13.1 Å². The molecule has 1 unspecified atom stereocenters. The third-order valence-corrected chi connectivity index (χ3v) is 4.67. The van der Waals surface area contributed by atoms with Crippen LogP contribution in [0.5, 0.6) is 5.88 Å². The van der Waals surface area contributed by atoms with Crippen LogP contribution in [0.1, 0.15) is 31.0 Å². The van der Waals surface area contributed by atoms with E-state index < -0.39 is 0 Å². The zero-order chi connectivity index (χ0) is 17.1. The first kappa shape index (κ1) is 15.7. The second-order valence-corrected chi connectivity index (χ2v) is 6.39. The Balaban J connectivity index is 1.32. The number of rotatable bonds is 5. The van der Waals surface area contributed by atoms with Gasteiger partial charge < -0.3 is 9.64 Å². The van der Waals surface area contributed by atoms with Crippen LogP contribution in [0.2, 0.25) is 0 Å². The van der Waals surface area contributed by atoms with Gasteiger partial charge in [-0.3, -0.25) is 9.78 Å². The molecule has 2 aliphatic rings. The van der Waals surface area contributed by atoms with E-state index in [2.05, 4.69) is 32.4 Å². The summed E-state index contributed by atoms with van der Waals surface area (Å²) in [7, 11) is 0. The van der Waals surface area contributed by atoms with E-state index in [1.165, 1.54) is 0 Å². The van der Waals surface area contributed by atoms with Gasteiger partial charge in [0.1, 0.15) is 12.3 Å². The summed E-state index contributed by atoms with van der Waals surface area (Å²) in [6, 6.07) is 0.177. The van der Waals surface area contributed by atoms with E-state index in [0.29, 0.717) is 19.0 Å². The highest BCUT2D eigenvalue weighted by molar-refractivity contribution is 5.80. The van der Waals surface area contributed by atoms with Crippen LogP contribution in [0, 0.1) is 5.92 Å². The fraction of sp³-hybridized carbons (Fsp3) is 0.471. The number of allylic oxidation sites excluding steroid dienone is 2. The molecule has 0 saturated carbocycles. The topological polar surface area (TPSA) is 86.0 Å². The minimum Gasteiger partial charge on any atom is -0.470 e. The van der Waals surface area contributed by atoms with Gasteiger partial charge in [-0.1, -0.05) is 17.4 Å². The lowest BCUT2D eigenvalue weighted by Crippen LogP contribution is -2.33. The molecule has 8 heteroatoms. The summed E-state index contributed by atoms with van der Waals surface area (Å²) in [6.45, 7) is 1.77. The van der Waals surface area contributed by atoms with Crippen molar-refractivity contribution in [1.29, 1.82) is 0 Å². The summed E-state index contributed by atoms with van der Waals surface area (Å²) in [5.41, 5.74) is 0.732. The van der Waals surface area contributed by atoms with E-state index in [-0.39, 0.29) is 17.9 Å². The van der Waals surface area contributed by atoms with E-state index in [1.807, 2.05) is 15.8 Å². The van der Waals surface area contributed by atoms with Crippen molar-refractivity contribution >= 4 is 5.91 Å². The molecule has 2 aromatic rings. The number of carbonyl (C=O) groups excluding carboxylic acids is 1. The number of amides is 1. The normalized spacial score (nSPS) is 20.3. The molecule has 8 nitrogen and oxygen atoms in total. The lowest BCUT2D eigenvalue weighted by atomic mass is 10.1. The average Bonchev–Trinajstić information content (AvgIpc) is 3.41. The molecule has 4 rings (SSSR count). The van der Waals surface area contributed by atoms with Crippen molar-refractivity contribution in [2.45, 2.75) is 31.9 Å². The zero-order valence-corrected chi connectivity index (χ0v) is 13.9. The van der Waals surface area contributed by atoms with Gasteiger partial charge in [-0.15, -0.1) is 5.10 Å². The molecule has 1 atom stereocenters. The Hall–Kier alpha value is -2.77. The molecular weight excluding hydrogens is 320 g/mol. The molecule has 0 aromatic carbocycles. The van der Waals surface area contributed by atoms with Crippen LogP contribution in [-0.4, -0.2) is 48.9 Å². The van der Waals surface area contributed by atoms with Crippen LogP contribution in [0.25, 0.3) is 0 Å². The van der Waals surface area contributed by atoms with Crippen molar-refractivity contribution in [3.8, 4) is 5.88 Å². The first-order valence-corrected chi connectivity index (χ1v) is 8.53. The maximum Gasteiger partial charge on any atom is 0.232 e. The zero-order valence-electron chi connectivity index (χ0n) is 13.9. The number of aromatic nitrogens is 5. The van der Waals surface area contributed by atoms with E-state index in [0.717, 1.165) is 31.5 Å². The minimum atomic E-state index is 0.130. The van der Waals surface area contributed by atoms with Crippen LogP contribution in [0.4, 0.5) is 0 Å². The maximum atomic E-state index is 12.5. The molecule has 0 N–H and O–H groups in total. The van der Waals surface area contributed by atoms with Crippen LogP contribution < -0.4 is 4.74 Å². The number of nitrogens with zero attached hydrogens (tertiary/aromatic N) is 6. The Morgan fingerprint density at radius 1 is 1.28 bits per heavy atom. The molecule has 130 valence electrons. The highest BCUT2D eigenvalue weighted by atomic mass is 16.5. The number of hydrogen-bond acceptors (Lipinski definition) is 6. The first-order valence-electron chi connectivity index (χ1n) is 8.53. The fourth-order valence-electron chi connectivity index (χ4n) is 3.30. The Kier molecular flexibility index (Phi) is 4.41. The summed E-state index contributed by atoms with van der Waals surface area (Å²) < 4.78 is 7.38. The summed E-state index contributed by atoms with van der Waals surface area (Å²) in [5.74, 6) is 0.851. The van der Waals surface area contributed by atoms with E-state index >= 15 is 0 Å². The number of likely N-dealkylation sites (tertiary alicyclic amines) is 1. The molecule has 3 heterocycles. The average molecular weight is 340 g/mol. The van der Waals surface area contributed by atoms with Crippen LogP contribution in [0.3, 0.4) is 0 Å². The molecule has 1 amide bonds. The number of ether oxygens (including phenoxy) is 1. The highest BCUT2D eigenvalue weighted by Gasteiger charge is 2.32. The van der Waals surface area contributed by atoms with Crippen molar-refractivity contribution in [1.82, 2.24) is 29.9 Å². The Morgan fingerprint density at radius 2 is 2.16 bits per heavy atom. The summed E-state index contributed by atoms with van der Waals surface area (Å²) in [6.07, 6.45) is 13.4. The Morgan fingerprint density at radius 3 is 2.96 bits per heavy atom. The smallest absolute Gasteiger partial charge is 0.232 e. The quantitative estimate of drug-likeness (QED) is 0.765. The van der Waals surface area contributed by atoms with E-state index in [4.69, 9.17) is 4.74 Å². The second-order valence-electron chi connectivity index (χ2n) is 6.39. The molecule has 0 bridgehead atoms. The molecule has 0 spiro atoms. The summed E-state index contributed by atoms with van der Waals surface area (Å²) in [5, 5.41) is 8.35. The van der Waals surface area contributed by atoms with Crippen LogP contribution >= 0.6 is 0 Å². The third kappa shape index (κ3) is 3.52. The van der Waals surface area contributed by atoms with Gasteiger partial charge in [0.15, 0.2) is 0 Å². The van der Waals surface area contributed by atoms with Gasteiger partial charge >= 0.3 is 0 Å². The predicted octanol–water partition coefficient (Wildman–Crippen LogP) is 1.39. The van der Waals surface area contributed by atoms with Gasteiger partial charge in [0.05, 0.1) is 18.4 Å². The van der Waals surface area contributed by atoms with E-state index in [1.54, 1.807) is 18.6 Å². The SMILES string of the molecule is O=C(C1CC=CC1)N1CCC(n2cc(COc3cnccn3)nn2)C1. The van der Waals surface area contributed by atoms with Gasteiger partial charge in [-0.25, -0.2) is 9.67 Å². The summed E-state index contributed by atoms with van der Waals surface area (Å²) >= 11 is 0. The van der Waals surface area contributed by atoms with Crippen molar-refractivity contribution in [2.24, 2.45) is 5.92 Å². The molecule has 1 saturated heterocycles. The monoisotopic (exact) mass is 340 g/mol. The molecule has 1 fully saturated rings. The van der Waals surface area contributed by atoms with Crippen molar-refractivity contribution in [3.63, 3.8) is 0 Å². The predicted molar refractivity (Wildman–Crippen MR) is 88.5 cm³/mol. The lowest BCUT2D eigenvalue weighted by Gasteiger charge is -2.20. The van der Waals surface area contributed by atoms with E-state index in [9.17, 15) is 4.79 Å². The molecule has 0 radical (unpaired) electrons. The van der Waals surface area contributed by atoms with Crippen molar-refractivity contribution in [3.05, 3.63) is 42.6 Å². The first-order chi connectivity index (χ1) is 12.3. The second kappa shape index (κ2) is 7.00. The van der Waals surface area contributed by atoms with Gasteiger partial charge in [-0.2, -0.15) is 0 Å². The molecular formula is C17H20N6O2. The number of hydrogen-bond donors (Lipinski definition) is 0. The van der Waals surface area contributed by atoms with Crippen molar-refractivity contribution < 1.29 is 9.53 Å². The molecule has 1 aliphatic heterocycles. The standard InChI is InChI=1S/C17H20N6O2/c24-17(13-3-1-2-4-13)22-8-5-15(11-22)23-10-14(20-21-23)12-25-16-9-18-6-7-19-16/h1-2,6-7,9-10,13,15H,3-5,8,11-12H2. The Bertz CT molecular complexity index is 752. The molecule has 2 aromatic heterocycles. The maximum absolute atomic E-state index is 12.5.